The fraction of sp³-hybridized carbons (Fsp3) is 0.500. The van der Waals surface area contributed by atoms with E-state index in [1.165, 1.54) is 11.1 Å². The Bertz CT molecular complexity index is 427. The molecular formula is C16H24ClNO. The first-order valence-corrected chi connectivity index (χ1v) is 7.15. The van der Waals surface area contributed by atoms with E-state index < -0.39 is 0 Å². The zero-order chi connectivity index (χ0) is 14.3. The van der Waals surface area contributed by atoms with Crippen molar-refractivity contribution in [1.29, 1.82) is 0 Å². The molecular weight excluding hydrogens is 258 g/mol. The second kappa shape index (κ2) is 8.23. The Hall–Kier alpha value is -0.990. The molecule has 3 heteroatoms. The molecule has 0 atom stereocenters. The van der Waals surface area contributed by atoms with Gasteiger partial charge >= 0.3 is 0 Å². The van der Waals surface area contributed by atoms with Crippen LogP contribution in [0.4, 0.5) is 0 Å². The van der Waals surface area contributed by atoms with Gasteiger partial charge in [0.15, 0.2) is 0 Å². The first-order valence-electron chi connectivity index (χ1n) is 6.71. The van der Waals surface area contributed by atoms with Crippen LogP contribution < -0.4 is 10.1 Å². The van der Waals surface area contributed by atoms with Gasteiger partial charge in [0.2, 0.25) is 0 Å². The Morgan fingerprint density at radius 1 is 1.42 bits per heavy atom. The average molecular weight is 282 g/mol. The summed E-state index contributed by atoms with van der Waals surface area (Å²) in [6.07, 6.45) is 0. The lowest BCUT2D eigenvalue weighted by atomic mass is 10.1. The third kappa shape index (κ3) is 6.13. The molecule has 0 heterocycles. The van der Waals surface area contributed by atoms with Gasteiger partial charge in [0, 0.05) is 17.6 Å². The highest BCUT2D eigenvalue weighted by atomic mass is 35.5. The average Bonchev–Trinajstić information content (AvgIpc) is 2.37. The Morgan fingerprint density at radius 3 is 2.79 bits per heavy atom. The normalized spacial score (nSPS) is 12.0. The van der Waals surface area contributed by atoms with Crippen molar-refractivity contribution < 1.29 is 4.74 Å². The van der Waals surface area contributed by atoms with Crippen LogP contribution in [-0.4, -0.2) is 13.2 Å². The molecule has 106 valence electrons. The highest BCUT2D eigenvalue weighted by molar-refractivity contribution is 6.25. The number of nitrogens with one attached hydrogen (secondary N) is 1. The molecule has 0 saturated heterocycles. The van der Waals surface area contributed by atoms with Gasteiger partial charge in [0.25, 0.3) is 0 Å². The van der Waals surface area contributed by atoms with Crippen LogP contribution in [-0.2, 0) is 6.54 Å². The molecule has 0 aliphatic rings. The van der Waals surface area contributed by atoms with Crippen molar-refractivity contribution in [3.8, 4) is 5.75 Å². The predicted octanol–water partition coefficient (Wildman–Crippen LogP) is 4.26. The minimum Gasteiger partial charge on any atom is -0.489 e. The van der Waals surface area contributed by atoms with Gasteiger partial charge in [-0.1, -0.05) is 43.1 Å². The molecule has 0 fully saturated rings. The van der Waals surface area contributed by atoms with Gasteiger partial charge in [-0.2, -0.15) is 0 Å². The van der Waals surface area contributed by atoms with Crippen LogP contribution in [0, 0.1) is 12.8 Å². The van der Waals surface area contributed by atoms with Crippen LogP contribution >= 0.6 is 11.6 Å². The molecule has 0 bridgehead atoms. The molecule has 2 nitrogen and oxygen atoms in total. The van der Waals surface area contributed by atoms with Crippen LogP contribution in [0.15, 0.2) is 29.3 Å². The minimum atomic E-state index is 0.531. The van der Waals surface area contributed by atoms with Crippen molar-refractivity contribution in [2.75, 3.05) is 13.2 Å². The van der Waals surface area contributed by atoms with Crippen molar-refractivity contribution in [1.82, 2.24) is 5.32 Å². The van der Waals surface area contributed by atoms with E-state index in [2.05, 4.69) is 38.2 Å². The molecule has 0 saturated carbocycles. The van der Waals surface area contributed by atoms with Crippen LogP contribution in [0.25, 0.3) is 0 Å². The summed E-state index contributed by atoms with van der Waals surface area (Å²) < 4.78 is 5.81. The molecule has 0 unspecified atom stereocenters. The number of ether oxygens (including phenoxy) is 1. The van der Waals surface area contributed by atoms with Gasteiger partial charge in [-0.3, -0.25) is 0 Å². The van der Waals surface area contributed by atoms with E-state index in [1.807, 2.05) is 13.0 Å². The molecule has 0 aliphatic carbocycles. The maximum Gasteiger partial charge on any atom is 0.124 e. The lowest BCUT2D eigenvalue weighted by Gasteiger charge is -2.14. The highest BCUT2D eigenvalue weighted by Gasteiger charge is 2.05. The predicted molar refractivity (Wildman–Crippen MR) is 82.8 cm³/mol. The Balaban J connectivity index is 2.68. The summed E-state index contributed by atoms with van der Waals surface area (Å²) in [7, 11) is 0. The Morgan fingerprint density at radius 2 is 2.16 bits per heavy atom. The summed E-state index contributed by atoms with van der Waals surface area (Å²) in [6, 6.07) is 6.27. The number of hydrogen-bond donors (Lipinski definition) is 1. The second-order valence-electron chi connectivity index (χ2n) is 5.38. The molecule has 0 aromatic heterocycles. The number of benzene rings is 1. The summed E-state index contributed by atoms with van der Waals surface area (Å²) in [4.78, 5) is 0. The van der Waals surface area contributed by atoms with Crippen LogP contribution in [0.1, 0.15) is 31.9 Å². The van der Waals surface area contributed by atoms with Crippen molar-refractivity contribution >= 4 is 11.6 Å². The van der Waals surface area contributed by atoms with Crippen molar-refractivity contribution in [3.63, 3.8) is 0 Å². The van der Waals surface area contributed by atoms with Gasteiger partial charge in [-0.05, 0) is 37.9 Å². The van der Waals surface area contributed by atoms with E-state index in [4.69, 9.17) is 16.3 Å². The topological polar surface area (TPSA) is 21.3 Å². The van der Waals surface area contributed by atoms with Gasteiger partial charge in [-0.25, -0.2) is 0 Å². The standard InChI is InChI=1S/C16H24ClNO/c1-12(2)9-18-10-15-7-13(3)5-6-16(15)19-11-14(4)8-17/h5-8,12,18H,9-11H2,1-4H3/b14-8+. The molecule has 1 aromatic rings. The monoisotopic (exact) mass is 281 g/mol. The Labute approximate surface area is 121 Å². The van der Waals surface area contributed by atoms with Crippen LogP contribution in [0.5, 0.6) is 5.75 Å². The fourth-order valence-electron chi connectivity index (χ4n) is 1.71. The molecule has 0 spiro atoms. The molecule has 1 rings (SSSR count). The maximum atomic E-state index is 5.81. The summed E-state index contributed by atoms with van der Waals surface area (Å²) in [5, 5.41) is 3.45. The lowest BCUT2D eigenvalue weighted by molar-refractivity contribution is 0.347. The molecule has 0 aliphatic heterocycles. The first kappa shape index (κ1) is 16.1. The Kier molecular flexibility index (Phi) is 6.96. The minimum absolute atomic E-state index is 0.531. The number of aryl methyl sites for hydroxylation is 1. The smallest absolute Gasteiger partial charge is 0.124 e. The van der Waals surface area contributed by atoms with E-state index >= 15 is 0 Å². The van der Waals surface area contributed by atoms with Gasteiger partial charge in [0.1, 0.15) is 12.4 Å². The largest absolute Gasteiger partial charge is 0.489 e. The van der Waals surface area contributed by atoms with E-state index in [9.17, 15) is 0 Å². The fourth-order valence-corrected chi connectivity index (χ4v) is 1.77. The number of halogens is 1. The zero-order valence-electron chi connectivity index (χ0n) is 12.3. The molecule has 19 heavy (non-hydrogen) atoms. The van der Waals surface area contributed by atoms with Gasteiger partial charge in [-0.15, -0.1) is 0 Å². The van der Waals surface area contributed by atoms with Crippen molar-refractivity contribution in [3.05, 3.63) is 40.4 Å². The molecule has 0 radical (unpaired) electrons. The van der Waals surface area contributed by atoms with Crippen molar-refractivity contribution in [2.24, 2.45) is 5.92 Å². The molecule has 1 aromatic carbocycles. The van der Waals surface area contributed by atoms with Crippen molar-refractivity contribution in [2.45, 2.75) is 34.2 Å². The summed E-state index contributed by atoms with van der Waals surface area (Å²) >= 11 is 5.65. The number of rotatable bonds is 7. The van der Waals surface area contributed by atoms with E-state index in [0.29, 0.717) is 12.5 Å². The summed E-state index contributed by atoms with van der Waals surface area (Å²) in [5.74, 6) is 1.58. The third-order valence-corrected chi connectivity index (χ3v) is 3.10. The van der Waals surface area contributed by atoms with E-state index in [-0.39, 0.29) is 0 Å². The van der Waals surface area contributed by atoms with E-state index in [0.717, 1.165) is 24.4 Å². The van der Waals surface area contributed by atoms with Crippen LogP contribution in [0.3, 0.4) is 0 Å². The first-order chi connectivity index (χ1) is 9.02. The lowest BCUT2D eigenvalue weighted by Crippen LogP contribution is -2.19. The summed E-state index contributed by atoms with van der Waals surface area (Å²) in [6.45, 7) is 10.8. The SMILES string of the molecule is C/C(=C\Cl)COc1ccc(C)cc1CNCC(C)C. The summed E-state index contributed by atoms with van der Waals surface area (Å²) in [5.41, 5.74) is 5.02. The number of hydrogen-bond acceptors (Lipinski definition) is 2. The second-order valence-corrected chi connectivity index (χ2v) is 5.60. The quantitative estimate of drug-likeness (QED) is 0.806. The zero-order valence-corrected chi connectivity index (χ0v) is 13.1. The van der Waals surface area contributed by atoms with Gasteiger partial charge < -0.3 is 10.1 Å². The van der Waals surface area contributed by atoms with Crippen LogP contribution in [0.2, 0.25) is 0 Å². The van der Waals surface area contributed by atoms with Gasteiger partial charge in [0.05, 0.1) is 0 Å². The highest BCUT2D eigenvalue weighted by Crippen LogP contribution is 2.20. The van der Waals surface area contributed by atoms with E-state index in [1.54, 1.807) is 5.54 Å². The molecule has 1 N–H and O–H groups in total. The maximum absolute atomic E-state index is 5.81. The molecule has 0 amide bonds. The third-order valence-electron chi connectivity index (χ3n) is 2.73.